The number of cyclic esters (lactones) is 1. The summed E-state index contributed by atoms with van der Waals surface area (Å²) >= 11 is 0. The predicted molar refractivity (Wildman–Crippen MR) is 64.5 cm³/mol. The van der Waals surface area contributed by atoms with Gasteiger partial charge in [-0.05, 0) is 18.1 Å². The molecule has 4 nitrogen and oxygen atoms in total. The van der Waals surface area contributed by atoms with E-state index in [1.165, 1.54) is 10.5 Å². The Bertz CT molecular complexity index is 545. The number of rotatable bonds is 1. The molecule has 0 spiro atoms. The van der Waals surface area contributed by atoms with Gasteiger partial charge in [-0.1, -0.05) is 30.3 Å². The van der Waals surface area contributed by atoms with Gasteiger partial charge >= 0.3 is 6.09 Å². The third-order valence-corrected chi connectivity index (χ3v) is 3.45. The van der Waals surface area contributed by atoms with Crippen molar-refractivity contribution in [3.8, 4) is 6.07 Å². The zero-order valence-electron chi connectivity index (χ0n) is 9.74. The Morgan fingerprint density at radius 2 is 2.11 bits per heavy atom. The van der Waals surface area contributed by atoms with Gasteiger partial charge in [0.25, 0.3) is 0 Å². The molecular weight excluding hydrogens is 228 g/mol. The average molecular weight is 240 g/mol. The zero-order chi connectivity index (χ0) is 12.5. The van der Waals surface area contributed by atoms with Crippen LogP contribution in [0.4, 0.5) is 4.79 Å². The van der Waals surface area contributed by atoms with Crippen molar-refractivity contribution in [2.75, 3.05) is 6.61 Å². The maximum atomic E-state index is 11.5. The van der Waals surface area contributed by atoms with Crippen molar-refractivity contribution in [1.82, 2.24) is 4.90 Å². The van der Waals surface area contributed by atoms with Crippen LogP contribution in [0, 0.1) is 11.3 Å². The molecule has 2 aliphatic heterocycles. The summed E-state index contributed by atoms with van der Waals surface area (Å²) in [7, 11) is 0. The number of allylic oxidation sites excluding steroid dienone is 2. The summed E-state index contributed by atoms with van der Waals surface area (Å²) in [5.41, 5.74) is 1.58. The van der Waals surface area contributed by atoms with Crippen LogP contribution in [0.3, 0.4) is 0 Å². The van der Waals surface area contributed by atoms with E-state index in [9.17, 15) is 4.79 Å². The van der Waals surface area contributed by atoms with Gasteiger partial charge < -0.3 is 4.74 Å². The Labute approximate surface area is 105 Å². The van der Waals surface area contributed by atoms with Gasteiger partial charge in [-0.3, -0.25) is 4.90 Å². The van der Waals surface area contributed by atoms with Crippen molar-refractivity contribution in [2.24, 2.45) is 0 Å². The molecule has 90 valence electrons. The van der Waals surface area contributed by atoms with Crippen LogP contribution in [-0.4, -0.2) is 23.6 Å². The molecule has 0 radical (unpaired) electrons. The number of benzene rings is 1. The van der Waals surface area contributed by atoms with Crippen LogP contribution in [0.15, 0.2) is 42.1 Å². The third kappa shape index (κ3) is 1.65. The largest absolute Gasteiger partial charge is 0.447 e. The highest BCUT2D eigenvalue weighted by Gasteiger charge is 2.40. The monoisotopic (exact) mass is 240 g/mol. The molecule has 0 saturated carbocycles. The number of hydrogen-bond donors (Lipinski definition) is 0. The Morgan fingerprint density at radius 3 is 2.83 bits per heavy atom. The summed E-state index contributed by atoms with van der Waals surface area (Å²) in [6.45, 7) is 0.376. The van der Waals surface area contributed by atoms with Gasteiger partial charge in [0.1, 0.15) is 18.4 Å². The lowest BCUT2D eigenvalue weighted by Crippen LogP contribution is -2.36. The van der Waals surface area contributed by atoms with Gasteiger partial charge in [-0.25, -0.2) is 4.79 Å². The molecule has 2 heterocycles. The van der Waals surface area contributed by atoms with Crippen LogP contribution < -0.4 is 0 Å². The van der Waals surface area contributed by atoms with Crippen molar-refractivity contribution in [2.45, 2.75) is 18.4 Å². The molecular formula is C14H12N2O2. The maximum absolute atomic E-state index is 11.5. The SMILES string of the molecule is N#CC1=CC(c2ccccc2)CC2COC(=O)N12. The van der Waals surface area contributed by atoms with Crippen LogP contribution >= 0.6 is 0 Å². The number of hydrogen-bond acceptors (Lipinski definition) is 3. The van der Waals surface area contributed by atoms with Crippen molar-refractivity contribution in [3.63, 3.8) is 0 Å². The fraction of sp³-hybridized carbons (Fsp3) is 0.286. The molecule has 18 heavy (non-hydrogen) atoms. The summed E-state index contributed by atoms with van der Waals surface area (Å²) in [5, 5.41) is 9.15. The molecule has 1 fully saturated rings. The Balaban J connectivity index is 1.97. The fourth-order valence-corrected chi connectivity index (χ4v) is 2.58. The number of ether oxygens (including phenoxy) is 1. The minimum Gasteiger partial charge on any atom is -0.447 e. The molecule has 0 bridgehead atoms. The molecule has 3 rings (SSSR count). The molecule has 1 aromatic carbocycles. The van der Waals surface area contributed by atoms with Crippen molar-refractivity contribution in [1.29, 1.82) is 5.26 Å². The molecule has 2 aliphatic rings. The standard InChI is InChI=1S/C14H12N2O2/c15-8-12-6-11(10-4-2-1-3-5-10)7-13-9-18-14(17)16(12)13/h1-6,11,13H,7,9H2. The first-order valence-electron chi connectivity index (χ1n) is 5.92. The quantitative estimate of drug-likeness (QED) is 0.757. The van der Waals surface area contributed by atoms with Gasteiger partial charge in [-0.2, -0.15) is 5.26 Å². The first-order chi connectivity index (χ1) is 8.79. The van der Waals surface area contributed by atoms with Gasteiger partial charge in [0.15, 0.2) is 0 Å². The highest BCUT2D eigenvalue weighted by Crippen LogP contribution is 2.35. The average Bonchev–Trinajstić information content (AvgIpc) is 2.81. The smallest absolute Gasteiger partial charge is 0.415 e. The number of carbonyl (C=O) groups excluding carboxylic acids is 1. The van der Waals surface area contributed by atoms with Gasteiger partial charge in [0.2, 0.25) is 0 Å². The molecule has 0 aliphatic carbocycles. The molecule has 4 heteroatoms. The molecule has 0 N–H and O–H groups in total. The lowest BCUT2D eigenvalue weighted by Gasteiger charge is -2.29. The van der Waals surface area contributed by atoms with Crippen LogP contribution in [0.5, 0.6) is 0 Å². The second kappa shape index (κ2) is 4.19. The van der Waals surface area contributed by atoms with Crippen molar-refractivity contribution >= 4 is 6.09 Å². The maximum Gasteiger partial charge on any atom is 0.415 e. The zero-order valence-corrected chi connectivity index (χ0v) is 9.74. The second-order valence-corrected chi connectivity index (χ2v) is 4.52. The van der Waals surface area contributed by atoms with E-state index < -0.39 is 6.09 Å². The topological polar surface area (TPSA) is 53.3 Å². The summed E-state index contributed by atoms with van der Waals surface area (Å²) in [6, 6.07) is 12.1. The van der Waals surface area contributed by atoms with E-state index in [-0.39, 0.29) is 12.0 Å². The van der Waals surface area contributed by atoms with Crippen molar-refractivity contribution in [3.05, 3.63) is 47.7 Å². The van der Waals surface area contributed by atoms with E-state index in [1.54, 1.807) is 0 Å². The van der Waals surface area contributed by atoms with Crippen molar-refractivity contribution < 1.29 is 9.53 Å². The fourth-order valence-electron chi connectivity index (χ4n) is 2.58. The highest BCUT2D eigenvalue weighted by molar-refractivity contribution is 5.74. The van der Waals surface area contributed by atoms with E-state index in [4.69, 9.17) is 10.00 Å². The molecule has 1 saturated heterocycles. The second-order valence-electron chi connectivity index (χ2n) is 4.52. The molecule has 1 amide bonds. The van der Waals surface area contributed by atoms with Gasteiger partial charge in [-0.15, -0.1) is 0 Å². The van der Waals surface area contributed by atoms with Crippen LogP contribution in [0.2, 0.25) is 0 Å². The van der Waals surface area contributed by atoms with Crippen LogP contribution in [0.25, 0.3) is 0 Å². The molecule has 0 aromatic heterocycles. The first kappa shape index (κ1) is 10.8. The molecule has 2 atom stereocenters. The van der Waals surface area contributed by atoms with Gasteiger partial charge in [0, 0.05) is 5.92 Å². The third-order valence-electron chi connectivity index (χ3n) is 3.45. The highest BCUT2D eigenvalue weighted by atomic mass is 16.6. The van der Waals surface area contributed by atoms with Crippen LogP contribution in [-0.2, 0) is 4.74 Å². The predicted octanol–water partition coefficient (Wildman–Crippen LogP) is 2.40. The summed E-state index contributed by atoms with van der Waals surface area (Å²) < 4.78 is 5.01. The molecule has 2 unspecified atom stereocenters. The number of amides is 1. The van der Waals surface area contributed by atoms with E-state index in [2.05, 4.69) is 6.07 Å². The van der Waals surface area contributed by atoms with E-state index >= 15 is 0 Å². The lowest BCUT2D eigenvalue weighted by atomic mass is 9.88. The van der Waals surface area contributed by atoms with E-state index in [1.807, 2.05) is 36.4 Å². The number of nitrogens with zero attached hydrogens (tertiary/aromatic N) is 2. The number of fused-ring (bicyclic) bond motifs is 1. The summed E-state index contributed by atoms with van der Waals surface area (Å²) in [5.74, 6) is 0.177. The Kier molecular flexibility index (Phi) is 2.52. The number of nitriles is 1. The Morgan fingerprint density at radius 1 is 1.33 bits per heavy atom. The van der Waals surface area contributed by atoms with E-state index in [0.717, 1.165) is 6.42 Å². The van der Waals surface area contributed by atoms with E-state index in [0.29, 0.717) is 12.3 Å². The minimum atomic E-state index is -0.403. The molecule has 1 aromatic rings. The minimum absolute atomic E-state index is 0.0117. The number of carbonyl (C=O) groups is 1. The summed E-state index contributed by atoms with van der Waals surface area (Å²) in [4.78, 5) is 13.0. The normalized spacial score (nSPS) is 26.1. The lowest BCUT2D eigenvalue weighted by molar-refractivity contribution is 0.164. The Hall–Kier alpha value is -2.28. The van der Waals surface area contributed by atoms with Gasteiger partial charge in [0.05, 0.1) is 6.04 Å². The van der Waals surface area contributed by atoms with Crippen LogP contribution in [0.1, 0.15) is 17.9 Å². The summed E-state index contributed by atoms with van der Waals surface area (Å²) in [6.07, 6.45) is 2.26. The first-order valence-corrected chi connectivity index (χ1v) is 5.92.